The van der Waals surface area contributed by atoms with Crippen LogP contribution < -0.4 is 10.6 Å². The fraction of sp³-hybridized carbons (Fsp3) is 0.875. The van der Waals surface area contributed by atoms with Gasteiger partial charge in [0.1, 0.15) is 0 Å². The van der Waals surface area contributed by atoms with E-state index in [0.717, 1.165) is 44.9 Å². The van der Waals surface area contributed by atoms with E-state index in [1.807, 2.05) is 4.90 Å². The Labute approximate surface area is 151 Å². The van der Waals surface area contributed by atoms with E-state index >= 15 is 0 Å². The average molecular weight is 422 g/mol. The second kappa shape index (κ2) is 9.57. The van der Waals surface area contributed by atoms with Gasteiger partial charge < -0.3 is 15.5 Å². The summed E-state index contributed by atoms with van der Waals surface area (Å²) in [7, 11) is 1.80. The highest BCUT2D eigenvalue weighted by molar-refractivity contribution is 14.0. The summed E-state index contributed by atoms with van der Waals surface area (Å²) in [6, 6.07) is 0.328. The summed E-state index contributed by atoms with van der Waals surface area (Å²) >= 11 is 0. The van der Waals surface area contributed by atoms with Gasteiger partial charge in [0.15, 0.2) is 5.96 Å². The zero-order valence-electron chi connectivity index (χ0n) is 14.1. The monoisotopic (exact) mass is 422 g/mol. The smallest absolute Gasteiger partial charge is 0.225 e. The van der Waals surface area contributed by atoms with Gasteiger partial charge in [-0.3, -0.25) is 9.79 Å². The molecule has 0 bridgehead atoms. The lowest BCUT2D eigenvalue weighted by atomic mass is 10.1. The number of aliphatic imine (C=N–C) groups is 1. The van der Waals surface area contributed by atoms with Crippen LogP contribution in [0.2, 0.25) is 0 Å². The number of halogens is 1. The van der Waals surface area contributed by atoms with Crippen LogP contribution in [-0.4, -0.2) is 49.5 Å². The number of rotatable bonds is 4. The molecule has 2 N–H and O–H groups in total. The first-order valence-corrected chi connectivity index (χ1v) is 8.36. The number of hydrogen-bond donors (Lipinski definition) is 2. The lowest BCUT2D eigenvalue weighted by Gasteiger charge is -2.21. The first-order chi connectivity index (χ1) is 10.1. The minimum absolute atomic E-state index is 0. The fourth-order valence-corrected chi connectivity index (χ4v) is 3.20. The Balaban J connectivity index is 0.00000242. The van der Waals surface area contributed by atoms with Gasteiger partial charge in [-0.15, -0.1) is 24.0 Å². The molecule has 2 aliphatic rings. The van der Waals surface area contributed by atoms with Crippen molar-refractivity contribution in [3.63, 3.8) is 0 Å². The molecule has 1 saturated heterocycles. The molecule has 1 unspecified atom stereocenters. The summed E-state index contributed by atoms with van der Waals surface area (Å²) in [5, 5.41) is 6.77. The summed E-state index contributed by atoms with van der Waals surface area (Å²) in [5.74, 6) is 2.11. The number of guanidine groups is 1. The number of carbonyl (C=O) groups excluding carboxylic acids is 1. The molecular weight excluding hydrogens is 391 g/mol. The van der Waals surface area contributed by atoms with Gasteiger partial charge >= 0.3 is 0 Å². The molecule has 1 aliphatic carbocycles. The van der Waals surface area contributed by atoms with E-state index in [9.17, 15) is 4.79 Å². The second-order valence-electron chi connectivity index (χ2n) is 6.74. The maximum Gasteiger partial charge on any atom is 0.225 e. The molecule has 22 heavy (non-hydrogen) atoms. The normalized spacial score (nSPS) is 22.8. The van der Waals surface area contributed by atoms with Crippen LogP contribution in [0.25, 0.3) is 0 Å². The van der Waals surface area contributed by atoms with Crippen molar-refractivity contribution in [1.29, 1.82) is 0 Å². The Morgan fingerprint density at radius 3 is 2.55 bits per heavy atom. The third-order valence-electron chi connectivity index (χ3n) is 4.45. The molecule has 0 aromatic heterocycles. The number of carbonyl (C=O) groups is 1. The molecule has 0 aromatic rings. The van der Waals surface area contributed by atoms with Crippen molar-refractivity contribution in [1.82, 2.24) is 15.5 Å². The van der Waals surface area contributed by atoms with Crippen LogP contribution in [0, 0.1) is 11.8 Å². The summed E-state index contributed by atoms with van der Waals surface area (Å²) < 4.78 is 0. The average Bonchev–Trinajstić information content (AvgIpc) is 3.13. The highest BCUT2D eigenvalue weighted by atomic mass is 127. The number of amides is 1. The molecule has 2 rings (SSSR count). The third kappa shape index (κ3) is 5.59. The standard InChI is InChI=1S/C16H30N4O.HI/c1-12(2)10-18-16(17-3)19-14-8-9-20(11-14)15(21)13-6-4-5-7-13;/h12-14H,4-11H2,1-3H3,(H2,17,18,19);1H. The number of likely N-dealkylation sites (tertiary alicyclic amines) is 1. The highest BCUT2D eigenvalue weighted by Crippen LogP contribution is 2.27. The van der Waals surface area contributed by atoms with Gasteiger partial charge in [-0.05, 0) is 25.2 Å². The Morgan fingerprint density at radius 2 is 1.95 bits per heavy atom. The van der Waals surface area contributed by atoms with Gasteiger partial charge in [-0.2, -0.15) is 0 Å². The van der Waals surface area contributed by atoms with E-state index < -0.39 is 0 Å². The molecule has 1 aliphatic heterocycles. The summed E-state index contributed by atoms with van der Waals surface area (Å²) in [4.78, 5) is 18.7. The van der Waals surface area contributed by atoms with Crippen molar-refractivity contribution < 1.29 is 4.79 Å². The predicted octanol–water partition coefficient (Wildman–Crippen LogP) is 2.22. The van der Waals surface area contributed by atoms with Crippen molar-refractivity contribution in [2.24, 2.45) is 16.8 Å². The quantitative estimate of drug-likeness (QED) is 0.415. The minimum Gasteiger partial charge on any atom is -0.356 e. The minimum atomic E-state index is 0. The van der Waals surface area contributed by atoms with Crippen molar-refractivity contribution in [2.45, 2.75) is 52.0 Å². The molecule has 0 spiro atoms. The Kier molecular flexibility index (Phi) is 8.49. The zero-order chi connectivity index (χ0) is 15.2. The van der Waals surface area contributed by atoms with Crippen LogP contribution in [-0.2, 0) is 4.79 Å². The van der Waals surface area contributed by atoms with Crippen LogP contribution >= 0.6 is 24.0 Å². The maximum atomic E-state index is 12.4. The van der Waals surface area contributed by atoms with Gasteiger partial charge in [0, 0.05) is 38.6 Å². The highest BCUT2D eigenvalue weighted by Gasteiger charge is 2.32. The molecule has 2 fully saturated rings. The Morgan fingerprint density at radius 1 is 1.27 bits per heavy atom. The first kappa shape index (κ1) is 19.5. The third-order valence-corrected chi connectivity index (χ3v) is 4.45. The van der Waals surface area contributed by atoms with Crippen LogP contribution in [0.1, 0.15) is 46.0 Å². The lowest BCUT2D eigenvalue weighted by Crippen LogP contribution is -2.46. The molecule has 1 saturated carbocycles. The fourth-order valence-electron chi connectivity index (χ4n) is 3.20. The number of nitrogens with zero attached hydrogens (tertiary/aromatic N) is 2. The van der Waals surface area contributed by atoms with Gasteiger partial charge in [-0.25, -0.2) is 0 Å². The molecule has 0 aromatic carbocycles. The van der Waals surface area contributed by atoms with E-state index in [-0.39, 0.29) is 24.0 Å². The van der Waals surface area contributed by atoms with Gasteiger partial charge in [-0.1, -0.05) is 26.7 Å². The summed E-state index contributed by atoms with van der Waals surface area (Å²) in [6.45, 7) is 6.97. The Hall–Kier alpha value is -0.530. The van der Waals surface area contributed by atoms with Crippen LogP contribution in [0.15, 0.2) is 4.99 Å². The lowest BCUT2D eigenvalue weighted by molar-refractivity contribution is -0.134. The Bertz CT molecular complexity index is 380. The van der Waals surface area contributed by atoms with Crippen molar-refractivity contribution in [3.05, 3.63) is 0 Å². The van der Waals surface area contributed by atoms with E-state index in [4.69, 9.17) is 0 Å². The van der Waals surface area contributed by atoms with Crippen LogP contribution in [0.3, 0.4) is 0 Å². The molecular formula is C16H31IN4O. The van der Waals surface area contributed by atoms with E-state index in [0.29, 0.717) is 23.8 Å². The van der Waals surface area contributed by atoms with Gasteiger partial charge in [0.05, 0.1) is 0 Å². The predicted molar refractivity (Wildman–Crippen MR) is 102 cm³/mol. The molecule has 0 radical (unpaired) electrons. The molecule has 6 heteroatoms. The largest absolute Gasteiger partial charge is 0.356 e. The second-order valence-corrected chi connectivity index (χ2v) is 6.74. The van der Waals surface area contributed by atoms with E-state index in [1.54, 1.807) is 7.05 Å². The molecule has 5 nitrogen and oxygen atoms in total. The van der Waals surface area contributed by atoms with Crippen molar-refractivity contribution >= 4 is 35.8 Å². The zero-order valence-corrected chi connectivity index (χ0v) is 16.4. The summed E-state index contributed by atoms with van der Waals surface area (Å²) in [5.41, 5.74) is 0. The molecule has 1 atom stereocenters. The SMILES string of the molecule is CN=C(NCC(C)C)NC1CCN(C(=O)C2CCCC2)C1.I. The van der Waals surface area contributed by atoms with Crippen molar-refractivity contribution in [3.8, 4) is 0 Å². The van der Waals surface area contributed by atoms with Crippen LogP contribution in [0.4, 0.5) is 0 Å². The van der Waals surface area contributed by atoms with E-state index in [1.165, 1.54) is 12.8 Å². The first-order valence-electron chi connectivity index (χ1n) is 8.36. The van der Waals surface area contributed by atoms with Gasteiger partial charge in [0.2, 0.25) is 5.91 Å². The number of nitrogens with one attached hydrogen (secondary N) is 2. The topological polar surface area (TPSA) is 56.7 Å². The molecule has 128 valence electrons. The summed E-state index contributed by atoms with van der Waals surface area (Å²) in [6.07, 6.45) is 5.63. The van der Waals surface area contributed by atoms with Gasteiger partial charge in [0.25, 0.3) is 0 Å². The molecule has 1 heterocycles. The van der Waals surface area contributed by atoms with Crippen molar-refractivity contribution in [2.75, 3.05) is 26.7 Å². The molecule has 1 amide bonds. The maximum absolute atomic E-state index is 12.4. The number of hydrogen-bond acceptors (Lipinski definition) is 2. The van der Waals surface area contributed by atoms with Crippen LogP contribution in [0.5, 0.6) is 0 Å². The van der Waals surface area contributed by atoms with E-state index in [2.05, 4.69) is 29.5 Å².